The van der Waals surface area contributed by atoms with Gasteiger partial charge in [-0.25, -0.2) is 9.97 Å². The Morgan fingerprint density at radius 3 is 2.94 bits per heavy atom. The largest absolute Gasteiger partial charge is 0.352 e. The molecule has 1 saturated carbocycles. The maximum absolute atomic E-state index is 6.37. The summed E-state index contributed by atoms with van der Waals surface area (Å²) in [4.78, 5) is 12.0. The lowest BCUT2D eigenvalue weighted by Crippen LogP contribution is -2.69. The SMILES string of the molecule is NC1(C2CC2)CN(c2ncnc3sccc23)C1. The van der Waals surface area contributed by atoms with Crippen molar-refractivity contribution in [3.63, 3.8) is 0 Å². The topological polar surface area (TPSA) is 55.0 Å². The van der Waals surface area contributed by atoms with Gasteiger partial charge in [-0.3, -0.25) is 0 Å². The molecule has 0 spiro atoms. The van der Waals surface area contributed by atoms with Crippen molar-refractivity contribution in [3.05, 3.63) is 17.8 Å². The van der Waals surface area contributed by atoms with Crippen LogP contribution in [0, 0.1) is 5.92 Å². The van der Waals surface area contributed by atoms with Crippen molar-refractivity contribution in [3.8, 4) is 0 Å². The quantitative estimate of drug-likeness (QED) is 0.875. The molecule has 88 valence electrons. The van der Waals surface area contributed by atoms with Crippen LogP contribution in [0.15, 0.2) is 17.8 Å². The second-order valence-electron chi connectivity index (χ2n) is 5.20. The Bertz CT molecular complexity index is 569. The monoisotopic (exact) mass is 246 g/mol. The normalized spacial score (nSPS) is 22.8. The second-order valence-corrected chi connectivity index (χ2v) is 6.09. The van der Waals surface area contributed by atoms with Crippen LogP contribution in [0.1, 0.15) is 12.8 Å². The van der Waals surface area contributed by atoms with Gasteiger partial charge >= 0.3 is 0 Å². The summed E-state index contributed by atoms with van der Waals surface area (Å²) in [6.45, 7) is 1.89. The van der Waals surface area contributed by atoms with E-state index in [9.17, 15) is 0 Å². The highest BCUT2D eigenvalue weighted by atomic mass is 32.1. The van der Waals surface area contributed by atoms with E-state index in [0.29, 0.717) is 0 Å². The van der Waals surface area contributed by atoms with Gasteiger partial charge in [0.05, 0.1) is 10.9 Å². The van der Waals surface area contributed by atoms with Crippen molar-refractivity contribution in [2.24, 2.45) is 11.7 Å². The highest BCUT2D eigenvalue weighted by molar-refractivity contribution is 7.16. The Balaban J connectivity index is 1.66. The van der Waals surface area contributed by atoms with E-state index in [0.717, 1.165) is 35.0 Å². The third kappa shape index (κ3) is 1.39. The minimum Gasteiger partial charge on any atom is -0.352 e. The molecule has 1 aliphatic carbocycles. The maximum Gasteiger partial charge on any atom is 0.140 e. The summed E-state index contributed by atoms with van der Waals surface area (Å²) in [7, 11) is 0. The average molecular weight is 246 g/mol. The standard InChI is InChI=1S/C12H14N4S/c13-12(8-1-2-8)5-16(6-12)10-9-3-4-17-11(9)15-7-14-10/h3-4,7-8H,1-2,5-6,13H2. The lowest BCUT2D eigenvalue weighted by molar-refractivity contribution is 0.290. The van der Waals surface area contributed by atoms with Crippen molar-refractivity contribution in [2.45, 2.75) is 18.4 Å². The van der Waals surface area contributed by atoms with Gasteiger partial charge in [0.25, 0.3) is 0 Å². The predicted octanol–water partition coefficient (Wildman–Crippen LogP) is 1.62. The van der Waals surface area contributed by atoms with Crippen LogP contribution in [-0.4, -0.2) is 28.6 Å². The molecule has 4 nitrogen and oxygen atoms in total. The van der Waals surface area contributed by atoms with Crippen LogP contribution in [0.25, 0.3) is 10.2 Å². The molecule has 1 aliphatic heterocycles. The molecular weight excluding hydrogens is 232 g/mol. The van der Waals surface area contributed by atoms with Gasteiger partial charge in [-0.05, 0) is 30.2 Å². The predicted molar refractivity (Wildman–Crippen MR) is 69.3 cm³/mol. The van der Waals surface area contributed by atoms with E-state index >= 15 is 0 Å². The minimum absolute atomic E-state index is 0.0489. The molecule has 5 heteroatoms. The fraction of sp³-hybridized carbons (Fsp3) is 0.500. The van der Waals surface area contributed by atoms with E-state index in [4.69, 9.17) is 5.73 Å². The molecule has 0 amide bonds. The smallest absolute Gasteiger partial charge is 0.140 e. The fourth-order valence-electron chi connectivity index (χ4n) is 2.76. The van der Waals surface area contributed by atoms with E-state index in [1.165, 1.54) is 12.8 Å². The summed E-state index contributed by atoms with van der Waals surface area (Å²) in [5.74, 6) is 1.80. The lowest BCUT2D eigenvalue weighted by atomic mass is 9.85. The molecule has 3 heterocycles. The number of nitrogens with zero attached hydrogens (tertiary/aromatic N) is 3. The molecule has 2 aromatic heterocycles. The third-order valence-electron chi connectivity index (χ3n) is 3.90. The Hall–Kier alpha value is -1.20. The van der Waals surface area contributed by atoms with Gasteiger partial charge in [-0.2, -0.15) is 0 Å². The number of nitrogens with two attached hydrogens (primary N) is 1. The number of hydrogen-bond donors (Lipinski definition) is 1. The first-order chi connectivity index (χ1) is 8.26. The summed E-state index contributed by atoms with van der Waals surface area (Å²) in [5.41, 5.74) is 6.42. The zero-order valence-electron chi connectivity index (χ0n) is 9.47. The number of fused-ring (bicyclic) bond motifs is 1. The first-order valence-corrected chi connectivity index (χ1v) is 6.86. The summed E-state index contributed by atoms with van der Waals surface area (Å²) in [5, 5.41) is 3.23. The zero-order chi connectivity index (χ0) is 11.5. The first kappa shape index (κ1) is 9.79. The molecule has 1 saturated heterocycles. The van der Waals surface area contributed by atoms with E-state index in [1.807, 2.05) is 0 Å². The number of anilines is 1. The van der Waals surface area contributed by atoms with Crippen LogP contribution in [0.4, 0.5) is 5.82 Å². The molecule has 2 aliphatic rings. The molecule has 0 bridgehead atoms. The van der Waals surface area contributed by atoms with Crippen molar-refractivity contribution < 1.29 is 0 Å². The first-order valence-electron chi connectivity index (χ1n) is 5.98. The van der Waals surface area contributed by atoms with Crippen LogP contribution in [0.5, 0.6) is 0 Å². The van der Waals surface area contributed by atoms with Crippen molar-refractivity contribution in [1.82, 2.24) is 9.97 Å². The number of hydrogen-bond acceptors (Lipinski definition) is 5. The summed E-state index contributed by atoms with van der Waals surface area (Å²) >= 11 is 1.66. The minimum atomic E-state index is 0.0489. The number of thiophene rings is 1. The van der Waals surface area contributed by atoms with E-state index in [-0.39, 0.29) is 5.54 Å². The van der Waals surface area contributed by atoms with Crippen LogP contribution >= 0.6 is 11.3 Å². The molecule has 0 unspecified atom stereocenters. The number of aromatic nitrogens is 2. The van der Waals surface area contributed by atoms with Gasteiger partial charge in [0.15, 0.2) is 0 Å². The van der Waals surface area contributed by atoms with Gasteiger partial charge in [0.2, 0.25) is 0 Å². The Kier molecular flexibility index (Phi) is 1.83. The molecule has 2 aromatic rings. The van der Waals surface area contributed by atoms with Gasteiger partial charge in [-0.1, -0.05) is 0 Å². The average Bonchev–Trinajstić information content (AvgIpc) is 3.03. The van der Waals surface area contributed by atoms with Gasteiger partial charge in [0.1, 0.15) is 17.0 Å². The Morgan fingerprint density at radius 2 is 2.18 bits per heavy atom. The molecule has 2 N–H and O–H groups in total. The van der Waals surface area contributed by atoms with Crippen LogP contribution in [-0.2, 0) is 0 Å². The second kappa shape index (κ2) is 3.17. The third-order valence-corrected chi connectivity index (χ3v) is 4.72. The molecule has 0 atom stereocenters. The highest BCUT2D eigenvalue weighted by Gasteiger charge is 2.50. The van der Waals surface area contributed by atoms with E-state index in [2.05, 4.69) is 26.3 Å². The van der Waals surface area contributed by atoms with E-state index < -0.39 is 0 Å². The molecule has 0 radical (unpaired) electrons. The zero-order valence-corrected chi connectivity index (χ0v) is 10.3. The highest BCUT2D eigenvalue weighted by Crippen LogP contribution is 2.44. The van der Waals surface area contributed by atoms with E-state index in [1.54, 1.807) is 17.7 Å². The summed E-state index contributed by atoms with van der Waals surface area (Å²) in [6.07, 6.45) is 4.27. The molecular formula is C12H14N4S. The van der Waals surface area contributed by atoms with Crippen LogP contribution in [0.3, 0.4) is 0 Å². The van der Waals surface area contributed by atoms with Gasteiger partial charge in [0, 0.05) is 13.1 Å². The van der Waals surface area contributed by atoms with Crippen molar-refractivity contribution >= 4 is 27.4 Å². The summed E-state index contributed by atoms with van der Waals surface area (Å²) in [6, 6.07) is 2.10. The van der Waals surface area contributed by atoms with Crippen LogP contribution < -0.4 is 10.6 Å². The number of rotatable bonds is 2. The fourth-order valence-corrected chi connectivity index (χ4v) is 3.49. The molecule has 17 heavy (non-hydrogen) atoms. The molecule has 0 aromatic carbocycles. The Morgan fingerprint density at radius 1 is 1.35 bits per heavy atom. The van der Waals surface area contributed by atoms with Gasteiger partial charge < -0.3 is 10.6 Å². The van der Waals surface area contributed by atoms with Crippen LogP contribution in [0.2, 0.25) is 0 Å². The Labute approximate surface area is 103 Å². The lowest BCUT2D eigenvalue weighted by Gasteiger charge is -2.49. The maximum atomic E-state index is 6.37. The van der Waals surface area contributed by atoms with Crippen molar-refractivity contribution in [1.29, 1.82) is 0 Å². The van der Waals surface area contributed by atoms with Crippen molar-refractivity contribution in [2.75, 3.05) is 18.0 Å². The summed E-state index contributed by atoms with van der Waals surface area (Å²) < 4.78 is 0. The van der Waals surface area contributed by atoms with Gasteiger partial charge in [-0.15, -0.1) is 11.3 Å². The molecule has 4 rings (SSSR count). The molecule has 2 fully saturated rings.